The number of aromatic nitrogens is 2. The van der Waals surface area contributed by atoms with Crippen molar-refractivity contribution >= 4 is 27.7 Å². The quantitative estimate of drug-likeness (QED) is 0.492. The Morgan fingerprint density at radius 2 is 1.93 bits per heavy atom. The number of aromatic hydroxyl groups is 1. The van der Waals surface area contributed by atoms with Gasteiger partial charge in [-0.2, -0.15) is 5.10 Å². The lowest BCUT2D eigenvalue weighted by Gasteiger charge is -2.08. The number of benzene rings is 2. The molecule has 29 heavy (non-hydrogen) atoms. The molecule has 3 aromatic rings. The highest BCUT2D eigenvalue weighted by atomic mass is 79.9. The summed E-state index contributed by atoms with van der Waals surface area (Å²) in [5.74, 6) is -0.658. The monoisotopic (exact) mass is 458 g/mol. The highest BCUT2D eigenvalue weighted by Crippen LogP contribution is 2.26. The van der Waals surface area contributed by atoms with Crippen LogP contribution in [0.2, 0.25) is 0 Å². The highest BCUT2D eigenvalue weighted by Gasteiger charge is 2.17. The van der Waals surface area contributed by atoms with Gasteiger partial charge in [-0.25, -0.2) is 4.68 Å². The van der Waals surface area contributed by atoms with Crippen molar-refractivity contribution in [2.75, 3.05) is 7.11 Å². The second kappa shape index (κ2) is 9.24. The number of methoxy groups -OCH3 is 1. The third-order valence-electron chi connectivity index (χ3n) is 4.10. The average molecular weight is 459 g/mol. The van der Waals surface area contributed by atoms with Gasteiger partial charge in [0.1, 0.15) is 5.75 Å². The molecule has 2 amide bonds. The molecule has 0 aliphatic heterocycles. The van der Waals surface area contributed by atoms with Crippen LogP contribution >= 0.6 is 15.9 Å². The molecule has 0 radical (unpaired) electrons. The van der Waals surface area contributed by atoms with Crippen LogP contribution in [0.15, 0.2) is 59.2 Å². The van der Waals surface area contributed by atoms with Crippen LogP contribution in [-0.4, -0.2) is 33.8 Å². The Morgan fingerprint density at radius 1 is 1.17 bits per heavy atom. The molecule has 0 fully saturated rings. The van der Waals surface area contributed by atoms with E-state index < -0.39 is 5.91 Å². The molecule has 0 aliphatic rings. The molecule has 0 unspecified atom stereocenters. The Kier molecular flexibility index (Phi) is 6.50. The fourth-order valence-corrected chi connectivity index (χ4v) is 3.20. The van der Waals surface area contributed by atoms with Gasteiger partial charge < -0.3 is 9.84 Å². The first kappa shape index (κ1) is 20.4. The summed E-state index contributed by atoms with van der Waals surface area (Å²) in [6, 6.07) is 14.6. The van der Waals surface area contributed by atoms with Crippen molar-refractivity contribution in [2.24, 2.45) is 0 Å². The second-order valence-corrected chi connectivity index (χ2v) is 6.97. The molecule has 1 heterocycles. The zero-order valence-electron chi connectivity index (χ0n) is 15.6. The van der Waals surface area contributed by atoms with Gasteiger partial charge in [0, 0.05) is 6.42 Å². The lowest BCUT2D eigenvalue weighted by atomic mass is 10.1. The van der Waals surface area contributed by atoms with Crippen LogP contribution in [0.5, 0.6) is 11.5 Å². The smallest absolute Gasteiger partial charge is 0.294 e. The van der Waals surface area contributed by atoms with Crippen LogP contribution in [0, 0.1) is 0 Å². The molecule has 9 heteroatoms. The number of amides is 2. The maximum absolute atomic E-state index is 12.2. The molecular formula is C20H19BrN4O4. The molecule has 2 aromatic carbocycles. The van der Waals surface area contributed by atoms with Gasteiger partial charge >= 0.3 is 0 Å². The SMILES string of the molecule is COc1ccc(CCC(=O)NNC(=O)c2nn(-c3ccccc3)cc2O)cc1Br. The Bertz CT molecular complexity index is 1020. The summed E-state index contributed by atoms with van der Waals surface area (Å²) >= 11 is 3.40. The Balaban J connectivity index is 1.53. The molecule has 0 saturated carbocycles. The summed E-state index contributed by atoms with van der Waals surface area (Å²) in [4.78, 5) is 24.2. The van der Waals surface area contributed by atoms with Gasteiger partial charge in [-0.3, -0.25) is 20.4 Å². The van der Waals surface area contributed by atoms with E-state index in [-0.39, 0.29) is 23.8 Å². The molecule has 8 nitrogen and oxygen atoms in total. The van der Waals surface area contributed by atoms with Gasteiger partial charge in [0.05, 0.1) is 23.5 Å². The number of aryl methyl sites for hydroxylation is 1. The Labute approximate surface area is 175 Å². The topological polar surface area (TPSA) is 105 Å². The summed E-state index contributed by atoms with van der Waals surface area (Å²) in [5, 5.41) is 14.0. The van der Waals surface area contributed by atoms with Gasteiger partial charge in [0.2, 0.25) is 5.91 Å². The molecule has 0 atom stereocenters. The minimum absolute atomic E-state index is 0.170. The summed E-state index contributed by atoms with van der Waals surface area (Å²) in [6.07, 6.45) is 1.98. The van der Waals surface area contributed by atoms with Crippen LogP contribution in [0.4, 0.5) is 0 Å². The maximum atomic E-state index is 12.2. The van der Waals surface area contributed by atoms with Crippen molar-refractivity contribution in [3.05, 3.63) is 70.5 Å². The molecule has 0 aliphatic carbocycles. The second-order valence-electron chi connectivity index (χ2n) is 6.11. The van der Waals surface area contributed by atoms with E-state index in [9.17, 15) is 14.7 Å². The summed E-state index contributed by atoms with van der Waals surface area (Å²) < 4.78 is 7.35. The number of nitrogens with zero attached hydrogens (tertiary/aromatic N) is 2. The predicted octanol–water partition coefficient (Wildman–Crippen LogP) is 2.74. The first-order chi connectivity index (χ1) is 14.0. The Hall–Kier alpha value is -3.33. The number of ether oxygens (including phenoxy) is 1. The molecule has 1 aromatic heterocycles. The number of hydrazine groups is 1. The van der Waals surface area contributed by atoms with E-state index in [0.29, 0.717) is 17.9 Å². The summed E-state index contributed by atoms with van der Waals surface area (Å²) in [7, 11) is 1.58. The standard InChI is InChI=1S/C20H19BrN4O4/c1-29-17-9-7-13(11-15(17)21)8-10-18(27)22-23-20(28)19-16(26)12-25(24-19)14-5-3-2-4-6-14/h2-7,9,11-12,26H,8,10H2,1H3,(H,22,27)(H,23,28). The first-order valence-corrected chi connectivity index (χ1v) is 9.53. The molecular weight excluding hydrogens is 440 g/mol. The molecule has 150 valence electrons. The zero-order valence-corrected chi connectivity index (χ0v) is 17.1. The largest absolute Gasteiger partial charge is 0.504 e. The fourth-order valence-electron chi connectivity index (χ4n) is 2.61. The average Bonchev–Trinajstić information content (AvgIpc) is 3.13. The predicted molar refractivity (Wildman–Crippen MR) is 110 cm³/mol. The first-order valence-electron chi connectivity index (χ1n) is 8.73. The van der Waals surface area contributed by atoms with Crippen LogP contribution in [0.25, 0.3) is 5.69 Å². The number of nitrogens with one attached hydrogen (secondary N) is 2. The van der Waals surface area contributed by atoms with Crippen molar-refractivity contribution in [3.63, 3.8) is 0 Å². The van der Waals surface area contributed by atoms with Crippen molar-refractivity contribution in [1.82, 2.24) is 20.6 Å². The van der Waals surface area contributed by atoms with Gasteiger partial charge in [-0.15, -0.1) is 0 Å². The van der Waals surface area contributed by atoms with Crippen LogP contribution in [0.3, 0.4) is 0 Å². The van der Waals surface area contributed by atoms with Crippen molar-refractivity contribution < 1.29 is 19.4 Å². The van der Waals surface area contributed by atoms with E-state index in [4.69, 9.17) is 4.74 Å². The van der Waals surface area contributed by atoms with Crippen molar-refractivity contribution in [1.29, 1.82) is 0 Å². The number of hydrogen-bond acceptors (Lipinski definition) is 5. The normalized spacial score (nSPS) is 10.4. The van der Waals surface area contributed by atoms with E-state index in [1.54, 1.807) is 19.2 Å². The molecule has 0 saturated heterocycles. The van der Waals surface area contributed by atoms with Crippen LogP contribution in [-0.2, 0) is 11.2 Å². The molecule has 3 rings (SSSR count). The summed E-state index contributed by atoms with van der Waals surface area (Å²) in [6.45, 7) is 0. The number of carbonyl (C=O) groups excluding carboxylic acids is 2. The fraction of sp³-hybridized carbons (Fsp3) is 0.150. The van der Waals surface area contributed by atoms with Crippen LogP contribution < -0.4 is 15.6 Å². The lowest BCUT2D eigenvalue weighted by Crippen LogP contribution is -2.42. The van der Waals surface area contributed by atoms with Crippen LogP contribution in [0.1, 0.15) is 22.5 Å². The molecule has 0 bridgehead atoms. The van der Waals surface area contributed by atoms with Crippen molar-refractivity contribution in [3.8, 4) is 17.2 Å². The minimum Gasteiger partial charge on any atom is -0.504 e. The Morgan fingerprint density at radius 3 is 2.62 bits per heavy atom. The van der Waals surface area contributed by atoms with Gasteiger partial charge in [0.25, 0.3) is 5.91 Å². The molecule has 0 spiro atoms. The van der Waals surface area contributed by atoms with E-state index in [0.717, 1.165) is 10.0 Å². The highest BCUT2D eigenvalue weighted by molar-refractivity contribution is 9.10. The number of rotatable bonds is 6. The zero-order chi connectivity index (χ0) is 20.8. The number of para-hydroxylation sites is 1. The minimum atomic E-state index is -0.710. The van der Waals surface area contributed by atoms with Gasteiger partial charge in [-0.05, 0) is 52.2 Å². The van der Waals surface area contributed by atoms with Gasteiger partial charge in [-0.1, -0.05) is 24.3 Å². The summed E-state index contributed by atoms with van der Waals surface area (Å²) in [5.41, 5.74) is 6.04. The van der Waals surface area contributed by atoms with E-state index in [1.807, 2.05) is 36.4 Å². The maximum Gasteiger partial charge on any atom is 0.294 e. The number of carbonyl (C=O) groups is 2. The number of halogens is 1. The van der Waals surface area contributed by atoms with E-state index >= 15 is 0 Å². The lowest BCUT2D eigenvalue weighted by molar-refractivity contribution is -0.121. The van der Waals surface area contributed by atoms with E-state index in [2.05, 4.69) is 31.9 Å². The van der Waals surface area contributed by atoms with Gasteiger partial charge in [0.15, 0.2) is 11.4 Å². The third-order valence-corrected chi connectivity index (χ3v) is 4.72. The molecule has 3 N–H and O–H groups in total. The van der Waals surface area contributed by atoms with Crippen molar-refractivity contribution in [2.45, 2.75) is 12.8 Å². The number of hydrogen-bond donors (Lipinski definition) is 3. The van der Waals surface area contributed by atoms with E-state index in [1.165, 1.54) is 10.9 Å². The third kappa shape index (κ3) is 5.14.